The Kier molecular flexibility index (Phi) is 11.9. The zero-order chi connectivity index (χ0) is 29.0. The Morgan fingerprint density at radius 1 is 0.667 bits per heavy atom. The van der Waals surface area contributed by atoms with Gasteiger partial charge in [0.05, 0.1) is 0 Å². The molecule has 1 aromatic rings. The summed E-state index contributed by atoms with van der Waals surface area (Å²) in [5, 5.41) is 0. The molecule has 0 aromatic heterocycles. The van der Waals surface area contributed by atoms with E-state index >= 15 is 0 Å². The molecule has 0 spiro atoms. The highest BCUT2D eigenvalue weighted by Gasteiger charge is 2.44. The van der Waals surface area contributed by atoms with Crippen molar-refractivity contribution in [2.75, 3.05) is 13.2 Å². The lowest BCUT2D eigenvalue weighted by Crippen LogP contribution is -2.64. The topological polar surface area (TPSA) is 44.8 Å². The van der Waals surface area contributed by atoms with Crippen molar-refractivity contribution in [2.24, 2.45) is 0 Å². The first-order valence-corrected chi connectivity index (χ1v) is 12.8. The fraction of sp³-hybridized carbons (Fsp3) is 0.267. The Hall–Kier alpha value is -0.931. The smallest absolute Gasteiger partial charge is 0.302 e. The molecule has 0 unspecified atom stereocenters. The van der Waals surface area contributed by atoms with Crippen LogP contribution in [0.15, 0.2) is 41.1 Å². The molecular weight excluding hydrogens is 460 g/mol. The zero-order valence-electron chi connectivity index (χ0n) is 22.2. The molecule has 0 atom stereocenters. The third-order valence-electron chi connectivity index (χ3n) is 7.11. The third kappa shape index (κ3) is 9.29. The van der Waals surface area contributed by atoms with Gasteiger partial charge in [-0.15, -0.1) is 12.0 Å². The van der Waals surface area contributed by atoms with Crippen LogP contribution in [0.4, 0.5) is 0 Å². The largest absolute Gasteiger partial charge is 0.490 e. The third-order valence-corrected chi connectivity index (χ3v) is 7.11. The number of hydrogen-bond donors (Lipinski definition) is 0. The number of benzene rings is 1. The average Bonchev–Trinajstić information content (AvgIpc) is 3.77. The van der Waals surface area contributed by atoms with Crippen molar-refractivity contribution in [3.63, 3.8) is 0 Å². The Morgan fingerprint density at radius 2 is 1.08 bits per heavy atom. The van der Waals surface area contributed by atoms with Gasteiger partial charge in [0.2, 0.25) is 0 Å². The van der Waals surface area contributed by atoms with Gasteiger partial charge < -0.3 is 14.2 Å². The van der Waals surface area contributed by atoms with E-state index in [1.807, 2.05) is 12.0 Å². The van der Waals surface area contributed by atoms with Crippen LogP contribution >= 0.6 is 0 Å². The predicted octanol–water partition coefficient (Wildman–Crippen LogP) is -5.23. The number of hydrogen-bond acceptors (Lipinski definition) is 4. The fourth-order valence-corrected chi connectivity index (χ4v) is 4.75. The van der Waals surface area contributed by atoms with Crippen molar-refractivity contribution in [3.8, 4) is 11.5 Å². The molecule has 2 heterocycles. The van der Waals surface area contributed by atoms with Crippen LogP contribution in [0.5, 0.6) is 11.5 Å². The normalized spacial score (nSPS) is 12.8. The van der Waals surface area contributed by atoms with Crippen molar-refractivity contribution in [3.05, 3.63) is 46.7 Å². The highest BCUT2D eigenvalue weighted by Crippen LogP contribution is 2.29. The molecule has 0 amide bonds. The minimum absolute atomic E-state index is 0.0526. The molecule has 0 bridgehead atoms. The van der Waals surface area contributed by atoms with Crippen LogP contribution in [0.1, 0.15) is 12.5 Å². The number of ether oxygens (including phenoxy) is 3. The number of esters is 1. The summed E-state index contributed by atoms with van der Waals surface area (Å²) in [6.45, 7) is 1.84. The minimum Gasteiger partial charge on any atom is -0.490 e. The lowest BCUT2D eigenvalue weighted by atomic mass is 8.57. The van der Waals surface area contributed by atoms with Crippen molar-refractivity contribution >= 4 is 148 Å². The molecule has 0 saturated heterocycles. The van der Waals surface area contributed by atoms with Crippen LogP contribution in [-0.4, -0.2) is 161 Å². The lowest BCUT2D eigenvalue weighted by Gasteiger charge is -2.26. The van der Waals surface area contributed by atoms with E-state index in [1.54, 1.807) is 18.2 Å². The number of carbonyl (C=O) groups excluding carboxylic acids is 1. The van der Waals surface area contributed by atoms with Crippen LogP contribution in [-0.2, 0) is 16.1 Å². The van der Waals surface area contributed by atoms with Gasteiger partial charge in [-0.1, -0.05) is 10.9 Å². The van der Waals surface area contributed by atoms with E-state index in [0.717, 1.165) is 10.9 Å². The van der Waals surface area contributed by atoms with Crippen molar-refractivity contribution in [1.29, 1.82) is 0 Å². The van der Waals surface area contributed by atoms with Crippen molar-refractivity contribution < 1.29 is 19.0 Å². The van der Waals surface area contributed by atoms with E-state index in [1.165, 1.54) is 6.92 Å². The summed E-state index contributed by atoms with van der Waals surface area (Å²) in [4.78, 5) is 11.4. The van der Waals surface area contributed by atoms with Crippen LogP contribution in [0.25, 0.3) is 0 Å². The van der Waals surface area contributed by atoms with E-state index in [4.69, 9.17) is 91.6 Å². The van der Waals surface area contributed by atoms with Gasteiger partial charge in [0.15, 0.2) is 0 Å². The maximum Gasteiger partial charge on any atom is 0.302 e. The molecule has 20 radical (unpaired) electrons. The number of rotatable bonds is 16. The van der Waals surface area contributed by atoms with E-state index < -0.39 is 44.3 Å². The fourth-order valence-electron chi connectivity index (χ4n) is 4.75. The van der Waals surface area contributed by atoms with E-state index in [2.05, 4.69) is 0 Å². The van der Waals surface area contributed by atoms with Crippen LogP contribution in [0.2, 0.25) is 0 Å². The van der Waals surface area contributed by atoms with Crippen molar-refractivity contribution in [1.82, 2.24) is 0 Å². The van der Waals surface area contributed by atoms with Gasteiger partial charge in [-0.05, 0) is 17.7 Å². The van der Waals surface area contributed by atoms with Gasteiger partial charge in [-0.2, -0.15) is 0 Å². The molecule has 2 aliphatic rings. The summed E-state index contributed by atoms with van der Waals surface area (Å²) in [6, 6.07) is 5.28. The molecule has 24 heteroatoms. The molecule has 2 aliphatic heterocycles. The van der Waals surface area contributed by atoms with Gasteiger partial charge in [0.25, 0.3) is 0 Å². The van der Waals surface area contributed by atoms with E-state index in [9.17, 15) is 4.79 Å². The standard InChI is InChI=1S/C15H14B20O4/c1-10(36)37-7-11-2-14(38-8-12-5-26(12)34(30(20)21)32(24)28(16)17)4-15(3-11)39-9-13-6-27(13)35(31(22)23)33(25)29(18)19/h2-6H,7-9H2,1H3. The summed E-state index contributed by atoms with van der Waals surface area (Å²) in [6.07, 6.45) is -4.65. The Bertz CT molecular complexity index is 995. The monoisotopic (exact) mass is 478 g/mol. The Morgan fingerprint density at radius 3 is 1.41 bits per heavy atom. The van der Waals surface area contributed by atoms with E-state index in [0.29, 0.717) is 17.1 Å². The van der Waals surface area contributed by atoms with Gasteiger partial charge in [-0.25, -0.2) is 0 Å². The Labute approximate surface area is 250 Å². The highest BCUT2D eigenvalue weighted by molar-refractivity contribution is 8.02. The predicted molar refractivity (Wildman–Crippen MR) is 184 cm³/mol. The maximum absolute atomic E-state index is 11.4. The second-order valence-corrected chi connectivity index (χ2v) is 10.3. The molecule has 39 heavy (non-hydrogen) atoms. The van der Waals surface area contributed by atoms with E-state index in [-0.39, 0.29) is 45.8 Å². The molecule has 158 valence electrons. The molecule has 0 N–H and O–H groups in total. The van der Waals surface area contributed by atoms with Gasteiger partial charge >= 0.3 is 5.97 Å². The molecule has 0 fully saturated rings. The van der Waals surface area contributed by atoms with Gasteiger partial charge in [0, 0.05) is 141 Å². The average molecular weight is 475 g/mol. The van der Waals surface area contributed by atoms with Crippen LogP contribution in [0, 0.1) is 0 Å². The first-order valence-electron chi connectivity index (χ1n) is 12.8. The molecule has 4 nitrogen and oxygen atoms in total. The van der Waals surface area contributed by atoms with Crippen LogP contribution in [0.3, 0.4) is 0 Å². The number of carbonyl (C=O) groups is 1. The van der Waals surface area contributed by atoms with Crippen LogP contribution < -0.4 is 9.47 Å². The summed E-state index contributed by atoms with van der Waals surface area (Å²) in [5.74, 6) is 4.60. The summed E-state index contributed by atoms with van der Waals surface area (Å²) in [7, 11) is 59.0. The summed E-state index contributed by atoms with van der Waals surface area (Å²) in [5.41, 5.74) is 2.65. The molecule has 3 rings (SSSR count). The molecule has 1 aromatic carbocycles. The summed E-state index contributed by atoms with van der Waals surface area (Å²) < 4.78 is 17.2. The first-order chi connectivity index (χ1) is 18.3. The van der Waals surface area contributed by atoms with Gasteiger partial charge in [0.1, 0.15) is 44.5 Å². The Balaban J connectivity index is 1.63. The molecule has 0 aliphatic carbocycles. The van der Waals surface area contributed by atoms with Crippen molar-refractivity contribution in [2.45, 2.75) is 13.5 Å². The summed E-state index contributed by atoms with van der Waals surface area (Å²) >= 11 is 0. The zero-order valence-corrected chi connectivity index (χ0v) is 22.2. The van der Waals surface area contributed by atoms with Gasteiger partial charge in [-0.3, -0.25) is 4.79 Å². The highest BCUT2D eigenvalue weighted by atomic mass is 16.5. The molecular formula is C15H14B20O4. The SMILES string of the molecule is [B]B([B])B([B])B(B([B])[B])B1C=C1COc1cc(COC(C)=O)cc(OCC2=CB2B(B([B])[B])B([B])B([B])[B])c1. The quantitative estimate of drug-likeness (QED) is 0.178. The molecule has 0 saturated carbocycles. The lowest BCUT2D eigenvalue weighted by molar-refractivity contribution is -0.142. The first kappa shape index (κ1) is 32.6. The maximum atomic E-state index is 11.4. The second kappa shape index (κ2) is 14.3. The second-order valence-electron chi connectivity index (χ2n) is 10.3. The minimum atomic E-state index is -0.752.